The maximum Gasteiger partial charge on any atom is 0.270 e. The van der Waals surface area contributed by atoms with Gasteiger partial charge in [-0.15, -0.1) is 10.2 Å². The average Bonchev–Trinajstić information content (AvgIpc) is 2.72. The summed E-state index contributed by atoms with van der Waals surface area (Å²) in [6.45, 7) is 1.87. The molecule has 7 nitrogen and oxygen atoms in total. The number of carbonyl (C=O) groups excluding carboxylic acids is 1. The molecule has 1 aromatic heterocycles. The SMILES string of the molecule is CC[C@@H](Sc1ncc(-c2ccccc2)nn1)C(=O)c1cccc([N+](=O)[O-])c1. The van der Waals surface area contributed by atoms with Crippen LogP contribution in [0.15, 0.2) is 66.0 Å². The fourth-order valence-electron chi connectivity index (χ4n) is 2.47. The summed E-state index contributed by atoms with van der Waals surface area (Å²) in [5.41, 5.74) is 1.76. The molecule has 0 aliphatic heterocycles. The Morgan fingerprint density at radius 3 is 2.56 bits per heavy atom. The molecule has 136 valence electrons. The zero-order valence-corrected chi connectivity index (χ0v) is 15.3. The van der Waals surface area contributed by atoms with Gasteiger partial charge in [-0.1, -0.05) is 61.2 Å². The highest BCUT2D eigenvalue weighted by Gasteiger charge is 2.22. The van der Waals surface area contributed by atoms with Gasteiger partial charge in [0, 0.05) is 23.3 Å². The molecule has 1 atom stereocenters. The number of rotatable bonds is 7. The molecule has 3 aromatic rings. The Labute approximate surface area is 160 Å². The molecule has 0 fully saturated rings. The van der Waals surface area contributed by atoms with Gasteiger partial charge in [0.15, 0.2) is 5.78 Å². The van der Waals surface area contributed by atoms with Gasteiger partial charge in [0.25, 0.3) is 5.69 Å². The summed E-state index contributed by atoms with van der Waals surface area (Å²) >= 11 is 1.21. The molecule has 0 aliphatic carbocycles. The third-order valence-electron chi connectivity index (χ3n) is 3.86. The first-order chi connectivity index (χ1) is 13.1. The Kier molecular flexibility index (Phi) is 5.87. The molecule has 8 heteroatoms. The normalized spacial score (nSPS) is 11.7. The minimum Gasteiger partial charge on any atom is -0.293 e. The van der Waals surface area contributed by atoms with Crippen molar-refractivity contribution in [2.75, 3.05) is 0 Å². The molecule has 0 N–H and O–H groups in total. The van der Waals surface area contributed by atoms with Crippen molar-refractivity contribution in [2.45, 2.75) is 23.8 Å². The Hall–Kier alpha value is -3.13. The van der Waals surface area contributed by atoms with E-state index in [-0.39, 0.29) is 11.5 Å². The molecule has 0 amide bonds. The van der Waals surface area contributed by atoms with Crippen LogP contribution < -0.4 is 0 Å². The molecule has 2 aromatic carbocycles. The van der Waals surface area contributed by atoms with Crippen LogP contribution in [-0.4, -0.2) is 31.1 Å². The monoisotopic (exact) mass is 380 g/mol. The van der Waals surface area contributed by atoms with Crippen LogP contribution >= 0.6 is 11.8 Å². The molecule has 0 spiro atoms. The second-order valence-electron chi connectivity index (χ2n) is 5.68. The van der Waals surface area contributed by atoms with Gasteiger partial charge in [-0.2, -0.15) is 0 Å². The number of hydrogen-bond acceptors (Lipinski definition) is 7. The standard InChI is InChI=1S/C19H16N4O3S/c1-2-17(18(24)14-9-6-10-15(11-14)23(25)26)27-19-20-12-16(21-22-19)13-7-4-3-5-8-13/h3-12,17H,2H2,1H3/t17-/m1/s1. The number of aromatic nitrogens is 3. The van der Waals surface area contributed by atoms with Crippen LogP contribution in [-0.2, 0) is 0 Å². The lowest BCUT2D eigenvalue weighted by Gasteiger charge is -2.12. The van der Waals surface area contributed by atoms with E-state index in [1.807, 2.05) is 37.3 Å². The van der Waals surface area contributed by atoms with Crippen LogP contribution in [0.2, 0.25) is 0 Å². The number of Topliss-reactive ketones (excluding diaryl/α,β-unsaturated/α-hetero) is 1. The van der Waals surface area contributed by atoms with E-state index in [0.29, 0.717) is 22.8 Å². The Balaban J connectivity index is 1.76. The van der Waals surface area contributed by atoms with Gasteiger partial charge in [-0.25, -0.2) is 4.98 Å². The highest BCUT2D eigenvalue weighted by molar-refractivity contribution is 8.00. The summed E-state index contributed by atoms with van der Waals surface area (Å²) in [6, 6.07) is 15.3. The third-order valence-corrected chi connectivity index (χ3v) is 5.09. The molecule has 0 bridgehead atoms. The molecule has 27 heavy (non-hydrogen) atoms. The Bertz CT molecular complexity index is 949. The number of nitro benzene ring substituents is 1. The van der Waals surface area contributed by atoms with Crippen molar-refractivity contribution in [1.82, 2.24) is 15.2 Å². The molecular weight excluding hydrogens is 364 g/mol. The van der Waals surface area contributed by atoms with Crippen molar-refractivity contribution in [3.8, 4) is 11.3 Å². The van der Waals surface area contributed by atoms with E-state index in [0.717, 1.165) is 5.56 Å². The number of non-ortho nitro benzene ring substituents is 1. The van der Waals surface area contributed by atoms with Gasteiger partial charge in [-0.05, 0) is 6.42 Å². The first-order valence-corrected chi connectivity index (χ1v) is 9.17. The van der Waals surface area contributed by atoms with Crippen LogP contribution in [0.5, 0.6) is 0 Å². The van der Waals surface area contributed by atoms with Gasteiger partial charge in [0.2, 0.25) is 5.16 Å². The average molecular weight is 380 g/mol. The van der Waals surface area contributed by atoms with E-state index >= 15 is 0 Å². The molecule has 0 unspecified atom stereocenters. The smallest absolute Gasteiger partial charge is 0.270 e. The zero-order valence-electron chi connectivity index (χ0n) is 14.5. The van der Waals surface area contributed by atoms with Crippen LogP contribution in [0.3, 0.4) is 0 Å². The van der Waals surface area contributed by atoms with E-state index in [1.165, 1.54) is 30.0 Å². The molecular formula is C19H16N4O3S. The zero-order chi connectivity index (χ0) is 19.2. The van der Waals surface area contributed by atoms with Gasteiger partial charge >= 0.3 is 0 Å². The molecule has 0 radical (unpaired) electrons. The van der Waals surface area contributed by atoms with E-state index < -0.39 is 10.2 Å². The number of nitrogens with zero attached hydrogens (tertiary/aromatic N) is 4. The van der Waals surface area contributed by atoms with Crippen molar-refractivity contribution in [1.29, 1.82) is 0 Å². The van der Waals surface area contributed by atoms with Crippen molar-refractivity contribution < 1.29 is 9.72 Å². The summed E-state index contributed by atoms with van der Waals surface area (Å²) < 4.78 is 0. The first-order valence-electron chi connectivity index (χ1n) is 8.29. The van der Waals surface area contributed by atoms with Crippen LogP contribution in [0, 0.1) is 10.1 Å². The quantitative estimate of drug-likeness (QED) is 0.262. The maximum atomic E-state index is 12.7. The largest absolute Gasteiger partial charge is 0.293 e. The predicted octanol–water partition coefficient (Wildman–Crippen LogP) is 4.20. The summed E-state index contributed by atoms with van der Waals surface area (Å²) in [5.74, 6) is -0.193. The van der Waals surface area contributed by atoms with Gasteiger partial charge in [0.05, 0.1) is 16.4 Å². The van der Waals surface area contributed by atoms with E-state index in [9.17, 15) is 14.9 Å². The minimum atomic E-state index is -0.514. The molecule has 0 aliphatic rings. The fourth-order valence-corrected chi connectivity index (χ4v) is 3.33. The first kappa shape index (κ1) is 18.7. The number of ketones is 1. The molecule has 0 saturated heterocycles. The number of thioether (sulfide) groups is 1. The summed E-state index contributed by atoms with van der Waals surface area (Å²) in [5, 5.41) is 19.1. The van der Waals surface area contributed by atoms with E-state index in [2.05, 4.69) is 15.2 Å². The molecule has 3 rings (SSSR count). The summed E-state index contributed by atoms with van der Waals surface area (Å²) in [4.78, 5) is 27.4. The van der Waals surface area contributed by atoms with Crippen molar-refractivity contribution in [3.05, 3.63) is 76.5 Å². The number of hydrogen-bond donors (Lipinski definition) is 0. The highest BCUT2D eigenvalue weighted by Crippen LogP contribution is 2.26. The lowest BCUT2D eigenvalue weighted by atomic mass is 10.1. The Morgan fingerprint density at radius 2 is 1.93 bits per heavy atom. The van der Waals surface area contributed by atoms with Crippen LogP contribution in [0.1, 0.15) is 23.7 Å². The van der Waals surface area contributed by atoms with Gasteiger partial charge < -0.3 is 0 Å². The van der Waals surface area contributed by atoms with Crippen LogP contribution in [0.4, 0.5) is 5.69 Å². The van der Waals surface area contributed by atoms with E-state index in [4.69, 9.17) is 0 Å². The fraction of sp³-hybridized carbons (Fsp3) is 0.158. The van der Waals surface area contributed by atoms with Crippen molar-refractivity contribution in [3.63, 3.8) is 0 Å². The molecule has 1 heterocycles. The second-order valence-corrected chi connectivity index (χ2v) is 6.85. The minimum absolute atomic E-state index is 0.106. The lowest BCUT2D eigenvalue weighted by Crippen LogP contribution is -2.17. The van der Waals surface area contributed by atoms with Gasteiger partial charge in [0.1, 0.15) is 5.69 Å². The van der Waals surface area contributed by atoms with Crippen LogP contribution in [0.25, 0.3) is 11.3 Å². The van der Waals surface area contributed by atoms with Crippen molar-refractivity contribution >= 4 is 23.2 Å². The van der Waals surface area contributed by atoms with Gasteiger partial charge in [-0.3, -0.25) is 14.9 Å². The van der Waals surface area contributed by atoms with E-state index in [1.54, 1.807) is 12.3 Å². The Morgan fingerprint density at radius 1 is 1.15 bits per heavy atom. The lowest BCUT2D eigenvalue weighted by molar-refractivity contribution is -0.384. The number of carbonyl (C=O) groups is 1. The number of nitro groups is 1. The topological polar surface area (TPSA) is 98.9 Å². The predicted molar refractivity (Wildman–Crippen MR) is 103 cm³/mol. The summed E-state index contributed by atoms with van der Waals surface area (Å²) in [7, 11) is 0. The highest BCUT2D eigenvalue weighted by atomic mass is 32.2. The van der Waals surface area contributed by atoms with Crippen molar-refractivity contribution in [2.24, 2.45) is 0 Å². The summed E-state index contributed by atoms with van der Waals surface area (Å²) in [6.07, 6.45) is 2.16. The second kappa shape index (κ2) is 8.50. The number of benzene rings is 2. The molecule has 0 saturated carbocycles. The third kappa shape index (κ3) is 4.53. The maximum absolute atomic E-state index is 12.7.